The molecule has 1 aliphatic heterocycles. The Balaban J connectivity index is 1.84. The van der Waals surface area contributed by atoms with E-state index in [2.05, 4.69) is 21.2 Å². The van der Waals surface area contributed by atoms with Crippen LogP contribution in [0.15, 0.2) is 22.7 Å². The molecule has 4 unspecified atom stereocenters. The minimum absolute atomic E-state index is 0.0510. The summed E-state index contributed by atoms with van der Waals surface area (Å²) in [7, 11) is 0. The number of halogens is 4. The highest BCUT2D eigenvalue weighted by Gasteiger charge is 2.52. The van der Waals surface area contributed by atoms with E-state index in [1.807, 2.05) is 0 Å². The maximum absolute atomic E-state index is 13.0. The molecule has 1 aromatic carbocycles. The van der Waals surface area contributed by atoms with Crippen LogP contribution in [-0.4, -0.2) is 24.8 Å². The first-order valence-electron chi connectivity index (χ1n) is 6.38. The predicted octanol–water partition coefficient (Wildman–Crippen LogP) is 2.99. The van der Waals surface area contributed by atoms with Crippen molar-refractivity contribution in [1.82, 2.24) is 0 Å². The molecule has 3 rings (SSSR count). The number of nitrogens with two attached hydrogens (primary N) is 1. The van der Waals surface area contributed by atoms with Crippen LogP contribution >= 0.6 is 15.9 Å². The summed E-state index contributed by atoms with van der Waals surface area (Å²) in [5.74, 6) is 0.261. The van der Waals surface area contributed by atoms with Crippen LogP contribution in [0.2, 0.25) is 0 Å². The first-order chi connectivity index (χ1) is 9.38. The number of anilines is 1. The average Bonchev–Trinajstić information content (AvgIpc) is 2.80. The molecule has 1 saturated carbocycles. The molecule has 1 aliphatic carbocycles. The Morgan fingerprint density at radius 3 is 2.80 bits per heavy atom. The monoisotopic (exact) mass is 350 g/mol. The molecule has 1 saturated heterocycles. The highest BCUT2D eigenvalue weighted by atomic mass is 79.9. The van der Waals surface area contributed by atoms with Gasteiger partial charge in [-0.05, 0) is 24.6 Å². The van der Waals surface area contributed by atoms with Crippen molar-refractivity contribution >= 4 is 21.6 Å². The lowest BCUT2D eigenvalue weighted by Gasteiger charge is -2.46. The number of hydrogen-bond acceptors (Lipinski definition) is 3. The lowest BCUT2D eigenvalue weighted by molar-refractivity contribution is -0.137. The highest BCUT2D eigenvalue weighted by Crippen LogP contribution is 2.42. The van der Waals surface area contributed by atoms with Gasteiger partial charge in [-0.2, -0.15) is 13.2 Å². The second-order valence-corrected chi connectivity index (χ2v) is 6.14. The third kappa shape index (κ3) is 2.31. The number of rotatable bonds is 2. The van der Waals surface area contributed by atoms with Crippen molar-refractivity contribution < 1.29 is 17.9 Å². The van der Waals surface area contributed by atoms with Crippen molar-refractivity contribution in [2.75, 3.05) is 11.9 Å². The van der Waals surface area contributed by atoms with E-state index in [9.17, 15) is 13.2 Å². The molecule has 0 amide bonds. The number of fused-ring (bicyclic) bond motifs is 1. The normalized spacial score (nSPS) is 32.6. The van der Waals surface area contributed by atoms with Crippen molar-refractivity contribution in [3.8, 4) is 0 Å². The molecule has 0 aromatic heterocycles. The van der Waals surface area contributed by atoms with E-state index in [0.717, 1.165) is 12.5 Å². The van der Waals surface area contributed by atoms with Gasteiger partial charge in [0, 0.05) is 28.7 Å². The van der Waals surface area contributed by atoms with Crippen LogP contribution in [0.4, 0.5) is 18.9 Å². The fraction of sp³-hybridized carbons (Fsp3) is 0.538. The molecule has 0 bridgehead atoms. The first-order valence-corrected chi connectivity index (χ1v) is 7.17. The number of nitrogens with one attached hydrogen (secondary N) is 1. The Hall–Kier alpha value is -0.790. The maximum Gasteiger partial charge on any atom is 0.418 e. The van der Waals surface area contributed by atoms with Gasteiger partial charge in [-0.25, -0.2) is 0 Å². The molecule has 7 heteroatoms. The fourth-order valence-electron chi connectivity index (χ4n) is 2.98. The second kappa shape index (κ2) is 4.89. The van der Waals surface area contributed by atoms with Crippen LogP contribution in [0.1, 0.15) is 12.0 Å². The van der Waals surface area contributed by atoms with E-state index in [-0.39, 0.29) is 29.8 Å². The molecular weight excluding hydrogens is 337 g/mol. The van der Waals surface area contributed by atoms with Crippen molar-refractivity contribution in [1.29, 1.82) is 0 Å². The molecule has 1 heterocycles. The summed E-state index contributed by atoms with van der Waals surface area (Å²) in [5.41, 5.74) is 5.37. The number of alkyl halides is 3. The number of benzene rings is 1. The van der Waals surface area contributed by atoms with Gasteiger partial charge in [0.15, 0.2) is 0 Å². The van der Waals surface area contributed by atoms with Gasteiger partial charge in [-0.3, -0.25) is 0 Å². The third-order valence-corrected chi connectivity index (χ3v) is 4.55. The topological polar surface area (TPSA) is 47.3 Å². The first kappa shape index (κ1) is 14.2. The molecular formula is C13H14BrF3N2O. The molecule has 2 aliphatic rings. The van der Waals surface area contributed by atoms with Crippen LogP contribution in [-0.2, 0) is 10.9 Å². The summed E-state index contributed by atoms with van der Waals surface area (Å²) in [6, 6.07) is 3.65. The molecule has 2 fully saturated rings. The number of hydrogen-bond donors (Lipinski definition) is 2. The summed E-state index contributed by atoms with van der Waals surface area (Å²) in [6.07, 6.45) is -3.60. The van der Waals surface area contributed by atoms with E-state index >= 15 is 0 Å². The van der Waals surface area contributed by atoms with Crippen molar-refractivity contribution in [3.63, 3.8) is 0 Å². The summed E-state index contributed by atoms with van der Waals surface area (Å²) < 4.78 is 45.0. The fourth-order valence-corrected chi connectivity index (χ4v) is 3.35. The van der Waals surface area contributed by atoms with Gasteiger partial charge in [0.25, 0.3) is 0 Å². The van der Waals surface area contributed by atoms with E-state index in [1.165, 1.54) is 6.07 Å². The molecule has 20 heavy (non-hydrogen) atoms. The van der Waals surface area contributed by atoms with Gasteiger partial charge >= 0.3 is 6.18 Å². The van der Waals surface area contributed by atoms with Crippen LogP contribution in [0.3, 0.4) is 0 Å². The van der Waals surface area contributed by atoms with Gasteiger partial charge in [-0.1, -0.05) is 15.9 Å². The molecule has 4 atom stereocenters. The van der Waals surface area contributed by atoms with Gasteiger partial charge in [0.1, 0.15) is 0 Å². The Bertz CT molecular complexity index is 523. The molecule has 3 N–H and O–H groups in total. The van der Waals surface area contributed by atoms with Crippen LogP contribution in [0.5, 0.6) is 0 Å². The Labute approximate surface area is 122 Å². The summed E-state index contributed by atoms with van der Waals surface area (Å²) in [6.45, 7) is 0.633. The molecule has 1 aromatic rings. The summed E-state index contributed by atoms with van der Waals surface area (Å²) >= 11 is 3.07. The Morgan fingerprint density at radius 1 is 1.35 bits per heavy atom. The molecule has 110 valence electrons. The van der Waals surface area contributed by atoms with Gasteiger partial charge < -0.3 is 15.8 Å². The second-order valence-electron chi connectivity index (χ2n) is 5.22. The zero-order valence-electron chi connectivity index (χ0n) is 10.5. The van der Waals surface area contributed by atoms with Crippen LogP contribution in [0, 0.1) is 5.92 Å². The smallest absolute Gasteiger partial charge is 0.378 e. The largest absolute Gasteiger partial charge is 0.418 e. The lowest BCUT2D eigenvalue weighted by atomic mass is 9.72. The summed E-state index contributed by atoms with van der Waals surface area (Å²) in [4.78, 5) is 0. The predicted molar refractivity (Wildman–Crippen MR) is 72.4 cm³/mol. The van der Waals surface area contributed by atoms with Gasteiger partial charge in [-0.15, -0.1) is 0 Å². The summed E-state index contributed by atoms with van der Waals surface area (Å²) in [5, 5.41) is 2.91. The van der Waals surface area contributed by atoms with Crippen molar-refractivity contribution in [3.05, 3.63) is 28.2 Å². The zero-order chi connectivity index (χ0) is 14.5. The zero-order valence-corrected chi connectivity index (χ0v) is 12.0. The Morgan fingerprint density at radius 2 is 2.10 bits per heavy atom. The van der Waals surface area contributed by atoms with E-state index < -0.39 is 11.7 Å². The van der Waals surface area contributed by atoms with E-state index in [0.29, 0.717) is 11.1 Å². The Kier molecular flexibility index (Phi) is 3.46. The van der Waals surface area contributed by atoms with Gasteiger partial charge in [0.2, 0.25) is 0 Å². The number of ether oxygens (including phenoxy) is 1. The standard InChI is InChI=1S/C13H14BrF3N2O/c14-6-1-2-9(8(5-6)13(15,16)17)19-11-10(18)7-3-4-20-12(7)11/h1-2,5,7,10-12,19H,3-4,18H2. The molecule has 0 spiro atoms. The molecule has 0 radical (unpaired) electrons. The van der Waals surface area contributed by atoms with Crippen LogP contribution < -0.4 is 11.1 Å². The minimum atomic E-state index is -4.41. The lowest BCUT2D eigenvalue weighted by Crippen LogP contribution is -2.65. The SMILES string of the molecule is NC1C2CCOC2C1Nc1ccc(Br)cc1C(F)(F)F. The highest BCUT2D eigenvalue weighted by molar-refractivity contribution is 9.10. The average molecular weight is 351 g/mol. The minimum Gasteiger partial charge on any atom is -0.378 e. The van der Waals surface area contributed by atoms with E-state index in [1.54, 1.807) is 6.07 Å². The van der Waals surface area contributed by atoms with E-state index in [4.69, 9.17) is 10.5 Å². The quantitative estimate of drug-likeness (QED) is 0.861. The molecule has 3 nitrogen and oxygen atoms in total. The van der Waals surface area contributed by atoms with Crippen molar-refractivity contribution in [2.45, 2.75) is 30.8 Å². The maximum atomic E-state index is 13.0. The third-order valence-electron chi connectivity index (χ3n) is 4.06. The van der Waals surface area contributed by atoms with Gasteiger partial charge in [0.05, 0.1) is 17.7 Å². The van der Waals surface area contributed by atoms with Crippen molar-refractivity contribution in [2.24, 2.45) is 11.7 Å². The van der Waals surface area contributed by atoms with Crippen LogP contribution in [0.25, 0.3) is 0 Å².